The van der Waals surface area contributed by atoms with Crippen LogP contribution in [-0.4, -0.2) is 16.0 Å². The Morgan fingerprint density at radius 2 is 2.10 bits per heavy atom. The van der Waals surface area contributed by atoms with Crippen LogP contribution in [0.25, 0.3) is 10.2 Å². The minimum atomic E-state index is -0.795. The summed E-state index contributed by atoms with van der Waals surface area (Å²) in [7, 11) is 0. The fourth-order valence-electron chi connectivity index (χ4n) is 1.80. The molecule has 0 atom stereocenters. The van der Waals surface area contributed by atoms with Crippen LogP contribution in [-0.2, 0) is 0 Å². The molecule has 2 N–H and O–H groups in total. The zero-order chi connectivity index (χ0) is 15.0. The molecule has 4 nitrogen and oxygen atoms in total. The molecule has 0 bridgehead atoms. The maximum atomic E-state index is 13.6. The van der Waals surface area contributed by atoms with Gasteiger partial charge in [-0.05, 0) is 30.3 Å². The van der Waals surface area contributed by atoms with Gasteiger partial charge in [0.05, 0.1) is 15.8 Å². The van der Waals surface area contributed by atoms with Gasteiger partial charge in [0.15, 0.2) is 5.13 Å². The summed E-state index contributed by atoms with van der Waals surface area (Å²) in [5.74, 6) is -1.66. The first-order valence-corrected chi connectivity index (χ1v) is 7.08. The Morgan fingerprint density at radius 3 is 2.86 bits per heavy atom. The van der Waals surface area contributed by atoms with E-state index < -0.39 is 11.7 Å². The molecule has 3 aromatic rings. The molecule has 1 heterocycles. The van der Waals surface area contributed by atoms with Gasteiger partial charge in [-0.3, -0.25) is 10.1 Å². The van der Waals surface area contributed by atoms with Gasteiger partial charge in [0.25, 0.3) is 5.91 Å². The number of carbonyl (C=O) groups excluding carboxylic acids is 1. The highest BCUT2D eigenvalue weighted by molar-refractivity contribution is 7.22. The number of rotatable bonds is 2. The van der Waals surface area contributed by atoms with E-state index in [-0.39, 0.29) is 11.3 Å². The molecule has 106 valence electrons. The van der Waals surface area contributed by atoms with Crippen molar-refractivity contribution < 1.29 is 14.3 Å². The van der Waals surface area contributed by atoms with Crippen molar-refractivity contribution >= 4 is 44.2 Å². The Labute approximate surface area is 127 Å². The minimum Gasteiger partial charge on any atom is -0.508 e. The van der Waals surface area contributed by atoms with E-state index in [0.717, 1.165) is 10.8 Å². The average Bonchev–Trinajstić information content (AvgIpc) is 2.79. The third kappa shape index (κ3) is 2.81. The predicted octanol–water partition coefficient (Wildman–Crippen LogP) is 4.05. The molecule has 21 heavy (non-hydrogen) atoms. The maximum absolute atomic E-state index is 13.6. The van der Waals surface area contributed by atoms with Gasteiger partial charge < -0.3 is 5.11 Å². The van der Waals surface area contributed by atoms with E-state index in [4.69, 9.17) is 16.7 Å². The number of aromatic hydroxyl groups is 1. The zero-order valence-electron chi connectivity index (χ0n) is 10.4. The van der Waals surface area contributed by atoms with E-state index in [1.54, 1.807) is 18.2 Å². The largest absolute Gasteiger partial charge is 0.508 e. The summed E-state index contributed by atoms with van der Waals surface area (Å²) in [6.45, 7) is 0. The summed E-state index contributed by atoms with van der Waals surface area (Å²) in [6.07, 6.45) is 0. The van der Waals surface area contributed by atoms with Gasteiger partial charge in [0.1, 0.15) is 11.6 Å². The van der Waals surface area contributed by atoms with Gasteiger partial charge >= 0.3 is 0 Å². The zero-order valence-corrected chi connectivity index (χ0v) is 12.0. The lowest BCUT2D eigenvalue weighted by molar-refractivity contribution is 0.102. The topological polar surface area (TPSA) is 62.2 Å². The number of amides is 1. The van der Waals surface area contributed by atoms with Gasteiger partial charge in [-0.15, -0.1) is 0 Å². The summed E-state index contributed by atoms with van der Waals surface area (Å²) in [5, 5.41) is 12.6. The minimum absolute atomic E-state index is 0.162. The van der Waals surface area contributed by atoms with E-state index in [2.05, 4.69) is 10.3 Å². The Hall–Kier alpha value is -2.18. The summed E-state index contributed by atoms with van der Waals surface area (Å²) in [6, 6.07) is 8.53. The van der Waals surface area contributed by atoms with E-state index in [1.807, 2.05) is 0 Å². The van der Waals surface area contributed by atoms with Crippen LogP contribution in [0, 0.1) is 5.82 Å². The number of nitrogens with zero attached hydrogens (tertiary/aromatic N) is 1. The number of phenolic OH excluding ortho intramolecular Hbond substituents is 1. The van der Waals surface area contributed by atoms with Crippen LogP contribution in [0.3, 0.4) is 0 Å². The maximum Gasteiger partial charge on any atom is 0.260 e. The second-order valence-corrected chi connectivity index (χ2v) is 5.72. The molecule has 2 aromatic carbocycles. The fraction of sp³-hybridized carbons (Fsp3) is 0. The molecule has 0 radical (unpaired) electrons. The Bertz CT molecular complexity index is 850. The molecule has 0 unspecified atom stereocenters. The molecule has 0 aliphatic heterocycles. The monoisotopic (exact) mass is 322 g/mol. The van der Waals surface area contributed by atoms with Crippen LogP contribution in [0.2, 0.25) is 5.02 Å². The molecule has 0 fully saturated rings. The fourth-order valence-corrected chi connectivity index (χ4v) is 2.94. The predicted molar refractivity (Wildman–Crippen MR) is 80.6 cm³/mol. The highest BCUT2D eigenvalue weighted by Gasteiger charge is 2.14. The number of hydrogen-bond donors (Lipinski definition) is 2. The number of nitrogens with one attached hydrogen (secondary N) is 1. The normalized spacial score (nSPS) is 10.8. The van der Waals surface area contributed by atoms with Crippen LogP contribution >= 0.6 is 22.9 Å². The highest BCUT2D eigenvalue weighted by Crippen LogP contribution is 2.28. The van der Waals surface area contributed by atoms with Crippen LogP contribution < -0.4 is 5.32 Å². The molecule has 1 amide bonds. The molecule has 0 aliphatic carbocycles. The standard InChI is InChI=1S/C14H8ClFN2O2S/c15-7-1-4-11-12(5-7)21-14(17-11)18-13(20)9-3-2-8(19)6-10(9)16/h1-6,19H,(H,17,18,20). The van der Waals surface area contributed by atoms with Gasteiger partial charge in [-0.25, -0.2) is 9.37 Å². The highest BCUT2D eigenvalue weighted by atomic mass is 35.5. The third-order valence-corrected chi connectivity index (χ3v) is 3.94. The number of halogens is 2. The van der Waals surface area contributed by atoms with E-state index in [9.17, 15) is 9.18 Å². The second-order valence-electron chi connectivity index (χ2n) is 4.25. The van der Waals surface area contributed by atoms with E-state index in [0.29, 0.717) is 15.7 Å². The van der Waals surface area contributed by atoms with Crippen molar-refractivity contribution in [2.75, 3.05) is 5.32 Å². The van der Waals surface area contributed by atoms with Crippen LogP contribution in [0.4, 0.5) is 9.52 Å². The molecule has 0 spiro atoms. The van der Waals surface area contributed by atoms with Crippen LogP contribution in [0.15, 0.2) is 36.4 Å². The Balaban J connectivity index is 1.89. The number of thiazole rings is 1. The average molecular weight is 323 g/mol. The van der Waals surface area contributed by atoms with Gasteiger partial charge in [0, 0.05) is 11.1 Å². The first-order chi connectivity index (χ1) is 10.0. The van der Waals surface area contributed by atoms with Crippen molar-refractivity contribution in [3.63, 3.8) is 0 Å². The first-order valence-electron chi connectivity index (χ1n) is 5.89. The van der Waals surface area contributed by atoms with Gasteiger partial charge in [-0.1, -0.05) is 22.9 Å². The third-order valence-electron chi connectivity index (χ3n) is 2.77. The molecule has 0 saturated carbocycles. The van der Waals surface area contributed by atoms with E-state index in [1.165, 1.54) is 23.5 Å². The lowest BCUT2D eigenvalue weighted by Crippen LogP contribution is -2.13. The van der Waals surface area contributed by atoms with Gasteiger partial charge in [0.2, 0.25) is 0 Å². The summed E-state index contributed by atoms with van der Waals surface area (Å²) >= 11 is 7.13. The Kier molecular flexibility index (Phi) is 3.48. The molecular weight excluding hydrogens is 315 g/mol. The number of phenols is 1. The smallest absolute Gasteiger partial charge is 0.260 e. The second kappa shape index (κ2) is 5.31. The van der Waals surface area contributed by atoms with Crippen molar-refractivity contribution in [3.05, 3.63) is 52.8 Å². The molecule has 0 saturated heterocycles. The van der Waals surface area contributed by atoms with Crippen LogP contribution in [0.5, 0.6) is 5.75 Å². The summed E-state index contributed by atoms with van der Waals surface area (Å²) in [5.41, 5.74) is 0.538. The Morgan fingerprint density at radius 1 is 1.29 bits per heavy atom. The summed E-state index contributed by atoms with van der Waals surface area (Å²) < 4.78 is 14.4. The number of aromatic nitrogens is 1. The van der Waals surface area contributed by atoms with Crippen molar-refractivity contribution in [1.29, 1.82) is 0 Å². The lowest BCUT2D eigenvalue weighted by Gasteiger charge is -2.03. The molecule has 0 aliphatic rings. The van der Waals surface area contributed by atoms with Gasteiger partial charge in [-0.2, -0.15) is 0 Å². The number of benzene rings is 2. The molecule has 3 rings (SSSR count). The van der Waals surface area contributed by atoms with Crippen molar-refractivity contribution in [2.45, 2.75) is 0 Å². The van der Waals surface area contributed by atoms with Crippen molar-refractivity contribution in [3.8, 4) is 5.75 Å². The number of anilines is 1. The summed E-state index contributed by atoms with van der Waals surface area (Å²) in [4.78, 5) is 16.2. The number of hydrogen-bond acceptors (Lipinski definition) is 4. The quantitative estimate of drug-likeness (QED) is 0.748. The van der Waals surface area contributed by atoms with Crippen molar-refractivity contribution in [2.24, 2.45) is 0 Å². The SMILES string of the molecule is O=C(Nc1nc2ccc(Cl)cc2s1)c1ccc(O)cc1F. The number of carbonyl (C=O) groups is 1. The van der Waals surface area contributed by atoms with Crippen molar-refractivity contribution in [1.82, 2.24) is 4.98 Å². The molecular formula is C14H8ClFN2O2S. The lowest BCUT2D eigenvalue weighted by atomic mass is 10.2. The molecule has 7 heteroatoms. The van der Waals surface area contributed by atoms with E-state index >= 15 is 0 Å². The number of fused-ring (bicyclic) bond motifs is 1. The molecule has 1 aromatic heterocycles. The van der Waals surface area contributed by atoms with Crippen LogP contribution in [0.1, 0.15) is 10.4 Å². The first kappa shape index (κ1) is 13.8.